The number of hydrogen-bond donors (Lipinski definition) is 0. The van der Waals surface area contributed by atoms with Crippen molar-refractivity contribution in [2.75, 3.05) is 13.2 Å². The molecule has 3 rings (SSSR count). The molecule has 2 aromatic rings. The van der Waals surface area contributed by atoms with Gasteiger partial charge >= 0.3 is 0 Å². The zero-order valence-corrected chi connectivity index (χ0v) is 17.6. The molecule has 1 aliphatic heterocycles. The van der Waals surface area contributed by atoms with Crippen molar-refractivity contribution in [2.24, 2.45) is 0 Å². The average Bonchev–Trinajstić information content (AvgIpc) is 2.73. The van der Waals surface area contributed by atoms with E-state index in [1.807, 2.05) is 57.2 Å². The van der Waals surface area contributed by atoms with Crippen molar-refractivity contribution in [1.29, 1.82) is 0 Å². The van der Waals surface area contributed by atoms with E-state index in [9.17, 15) is 0 Å². The second kappa shape index (κ2) is 10.9. The van der Waals surface area contributed by atoms with Gasteiger partial charge in [-0.1, -0.05) is 60.7 Å². The van der Waals surface area contributed by atoms with E-state index in [0.29, 0.717) is 32.8 Å². The van der Waals surface area contributed by atoms with E-state index < -0.39 is 5.97 Å². The van der Waals surface area contributed by atoms with Crippen LogP contribution in [0, 0.1) is 0 Å². The number of hydrogen-bond acceptors (Lipinski definition) is 5. The lowest BCUT2D eigenvalue weighted by Crippen LogP contribution is -2.57. The van der Waals surface area contributed by atoms with Gasteiger partial charge in [0.1, 0.15) is 6.10 Å². The standard InChI is InChI=1S/C24H32O5/c1-4-27-24(28-5-2)16-22(25-17-20-12-8-6-9-13-20)23(19(3)29-24)26-18-21-14-10-7-11-15-21/h6-15,19,22-23H,4-5,16-18H2,1-3H3/t19-,22-,23-/m0/s1. The predicted molar refractivity (Wildman–Crippen MR) is 111 cm³/mol. The van der Waals surface area contributed by atoms with Gasteiger partial charge in [-0.15, -0.1) is 0 Å². The first-order valence-electron chi connectivity index (χ1n) is 10.4. The van der Waals surface area contributed by atoms with Crippen LogP contribution in [0.2, 0.25) is 0 Å². The Labute approximate surface area is 173 Å². The first kappa shape index (κ1) is 21.9. The molecule has 3 atom stereocenters. The monoisotopic (exact) mass is 400 g/mol. The van der Waals surface area contributed by atoms with Gasteiger partial charge in [0, 0.05) is 13.2 Å². The van der Waals surface area contributed by atoms with Crippen molar-refractivity contribution < 1.29 is 23.7 Å². The van der Waals surface area contributed by atoms with Gasteiger partial charge in [-0.25, -0.2) is 0 Å². The fraction of sp³-hybridized carbons (Fsp3) is 0.500. The Morgan fingerprint density at radius 2 is 1.34 bits per heavy atom. The topological polar surface area (TPSA) is 46.2 Å². The predicted octanol–water partition coefficient (Wildman–Crippen LogP) is 4.69. The minimum Gasteiger partial charge on any atom is -0.370 e. The minimum absolute atomic E-state index is 0.222. The van der Waals surface area contributed by atoms with Gasteiger partial charge in [0.25, 0.3) is 5.97 Å². The van der Waals surface area contributed by atoms with Crippen LogP contribution in [0.25, 0.3) is 0 Å². The first-order chi connectivity index (χ1) is 14.2. The van der Waals surface area contributed by atoms with Gasteiger partial charge in [-0.3, -0.25) is 0 Å². The van der Waals surface area contributed by atoms with E-state index in [-0.39, 0.29) is 18.3 Å². The third-order valence-corrected chi connectivity index (χ3v) is 4.97. The molecule has 0 amide bonds. The van der Waals surface area contributed by atoms with E-state index in [1.165, 1.54) is 0 Å². The Morgan fingerprint density at radius 1 is 0.828 bits per heavy atom. The maximum absolute atomic E-state index is 6.32. The summed E-state index contributed by atoms with van der Waals surface area (Å²) in [5, 5.41) is 0. The second-order valence-corrected chi connectivity index (χ2v) is 7.17. The van der Waals surface area contributed by atoms with Gasteiger partial charge in [-0.2, -0.15) is 0 Å². The largest absolute Gasteiger partial charge is 0.370 e. The summed E-state index contributed by atoms with van der Waals surface area (Å²) in [7, 11) is 0. The molecular weight excluding hydrogens is 368 g/mol. The van der Waals surface area contributed by atoms with Crippen LogP contribution in [0.5, 0.6) is 0 Å². The molecule has 0 radical (unpaired) electrons. The molecule has 1 fully saturated rings. The van der Waals surface area contributed by atoms with Crippen LogP contribution >= 0.6 is 0 Å². The third kappa shape index (κ3) is 6.11. The zero-order chi connectivity index (χ0) is 20.5. The Balaban J connectivity index is 1.74. The molecule has 0 bridgehead atoms. The third-order valence-electron chi connectivity index (χ3n) is 4.97. The van der Waals surface area contributed by atoms with Crippen LogP contribution in [0.4, 0.5) is 0 Å². The molecule has 5 heteroatoms. The SMILES string of the molecule is CCOC1(OCC)C[C@H](OCc2ccccc2)[C@@H](OCc2ccccc2)[C@H](C)O1. The van der Waals surface area contributed by atoms with Crippen molar-refractivity contribution in [3.8, 4) is 0 Å². The number of benzene rings is 2. The van der Waals surface area contributed by atoms with Crippen molar-refractivity contribution >= 4 is 0 Å². The lowest BCUT2D eigenvalue weighted by atomic mass is 10.00. The molecule has 0 aromatic heterocycles. The smallest absolute Gasteiger partial charge is 0.285 e. The highest BCUT2D eigenvalue weighted by atomic mass is 16.9. The summed E-state index contributed by atoms with van der Waals surface area (Å²) < 4.78 is 30.6. The maximum atomic E-state index is 6.32. The van der Waals surface area contributed by atoms with E-state index in [2.05, 4.69) is 24.3 Å². The molecule has 158 valence electrons. The minimum atomic E-state index is -1.10. The normalized spacial score (nSPS) is 23.8. The highest BCUT2D eigenvalue weighted by Crippen LogP contribution is 2.35. The molecule has 1 heterocycles. The Morgan fingerprint density at radius 3 is 1.86 bits per heavy atom. The van der Waals surface area contributed by atoms with E-state index >= 15 is 0 Å². The van der Waals surface area contributed by atoms with Gasteiger partial charge < -0.3 is 23.7 Å². The summed E-state index contributed by atoms with van der Waals surface area (Å²) in [6.07, 6.45) is -0.245. The summed E-state index contributed by atoms with van der Waals surface area (Å²) in [5.41, 5.74) is 2.24. The summed E-state index contributed by atoms with van der Waals surface area (Å²) in [5.74, 6) is -1.10. The van der Waals surface area contributed by atoms with Crippen LogP contribution in [-0.2, 0) is 36.9 Å². The summed E-state index contributed by atoms with van der Waals surface area (Å²) >= 11 is 0. The summed E-state index contributed by atoms with van der Waals surface area (Å²) in [6.45, 7) is 7.85. The lowest BCUT2D eigenvalue weighted by Gasteiger charge is -2.46. The summed E-state index contributed by atoms with van der Waals surface area (Å²) in [4.78, 5) is 0. The summed E-state index contributed by atoms with van der Waals surface area (Å²) in [6, 6.07) is 20.3. The van der Waals surface area contributed by atoms with Crippen molar-refractivity contribution in [1.82, 2.24) is 0 Å². The Kier molecular flexibility index (Phi) is 8.21. The number of rotatable bonds is 10. The van der Waals surface area contributed by atoms with Gasteiger partial charge in [-0.05, 0) is 31.9 Å². The van der Waals surface area contributed by atoms with Crippen molar-refractivity contribution in [3.63, 3.8) is 0 Å². The van der Waals surface area contributed by atoms with E-state index in [1.54, 1.807) is 0 Å². The molecule has 1 saturated heterocycles. The van der Waals surface area contributed by atoms with Gasteiger partial charge in [0.05, 0.1) is 31.8 Å². The molecule has 0 unspecified atom stereocenters. The second-order valence-electron chi connectivity index (χ2n) is 7.17. The van der Waals surface area contributed by atoms with Crippen molar-refractivity contribution in [2.45, 2.75) is 64.7 Å². The molecule has 1 aliphatic rings. The highest BCUT2D eigenvalue weighted by molar-refractivity contribution is 5.14. The van der Waals surface area contributed by atoms with Crippen LogP contribution in [-0.4, -0.2) is 37.5 Å². The first-order valence-corrected chi connectivity index (χ1v) is 10.4. The molecule has 5 nitrogen and oxygen atoms in total. The molecule has 0 saturated carbocycles. The Hall–Kier alpha value is -1.76. The van der Waals surface area contributed by atoms with Crippen molar-refractivity contribution in [3.05, 3.63) is 71.8 Å². The molecule has 0 aliphatic carbocycles. The van der Waals surface area contributed by atoms with Crippen LogP contribution in [0.15, 0.2) is 60.7 Å². The van der Waals surface area contributed by atoms with Crippen LogP contribution in [0.1, 0.15) is 38.3 Å². The molecule has 29 heavy (non-hydrogen) atoms. The quantitative estimate of drug-likeness (QED) is 0.541. The fourth-order valence-corrected chi connectivity index (χ4v) is 3.67. The van der Waals surface area contributed by atoms with Gasteiger partial charge in [0.15, 0.2) is 0 Å². The molecule has 0 spiro atoms. The zero-order valence-electron chi connectivity index (χ0n) is 17.6. The van der Waals surface area contributed by atoms with Crippen LogP contribution < -0.4 is 0 Å². The maximum Gasteiger partial charge on any atom is 0.285 e. The lowest BCUT2D eigenvalue weighted by molar-refractivity contribution is -0.428. The number of ether oxygens (including phenoxy) is 5. The Bertz CT molecular complexity index is 700. The van der Waals surface area contributed by atoms with E-state index in [0.717, 1.165) is 11.1 Å². The van der Waals surface area contributed by atoms with E-state index in [4.69, 9.17) is 23.7 Å². The molecule has 0 N–H and O–H groups in total. The molecule has 2 aromatic carbocycles. The van der Waals surface area contributed by atoms with Gasteiger partial charge in [0.2, 0.25) is 0 Å². The average molecular weight is 401 g/mol. The van der Waals surface area contributed by atoms with Crippen LogP contribution in [0.3, 0.4) is 0 Å². The molecular formula is C24H32O5. The highest BCUT2D eigenvalue weighted by Gasteiger charge is 2.48. The fourth-order valence-electron chi connectivity index (χ4n) is 3.67.